The van der Waals surface area contributed by atoms with Gasteiger partial charge in [0.15, 0.2) is 5.60 Å². The highest BCUT2D eigenvalue weighted by molar-refractivity contribution is 6.12. The fourth-order valence-corrected chi connectivity index (χ4v) is 9.83. The van der Waals surface area contributed by atoms with Crippen LogP contribution in [0.2, 0.25) is 0 Å². The van der Waals surface area contributed by atoms with Crippen LogP contribution in [0, 0.1) is 12.7 Å². The van der Waals surface area contributed by atoms with Crippen molar-refractivity contribution in [1.29, 1.82) is 0 Å². The summed E-state index contributed by atoms with van der Waals surface area (Å²) in [5.41, 5.74) is 0.789. The van der Waals surface area contributed by atoms with Gasteiger partial charge in [0.05, 0.1) is 61.9 Å². The number of cyclic esters (lactones) is 1. The number of allylic oxidation sites excluding steroid dienone is 1. The number of imide groups is 1. The van der Waals surface area contributed by atoms with Crippen LogP contribution in [-0.4, -0.2) is 154 Å². The number of aliphatic carboxylic acids is 1. The predicted octanol–water partition coefficient (Wildman–Crippen LogP) is -0.407. The van der Waals surface area contributed by atoms with Gasteiger partial charge in [0.1, 0.15) is 18.5 Å². The van der Waals surface area contributed by atoms with Crippen LogP contribution in [0.4, 0.5) is 10.1 Å². The lowest BCUT2D eigenvalue weighted by atomic mass is 9.80. The highest BCUT2D eigenvalue weighted by Crippen LogP contribution is 2.41. The maximum atomic E-state index is 15.5. The number of carboxylic acids is 1. The molecule has 25 heteroatoms. The van der Waals surface area contributed by atoms with Crippen molar-refractivity contribution in [3.63, 3.8) is 0 Å². The zero-order valence-corrected chi connectivity index (χ0v) is 44.2. The van der Waals surface area contributed by atoms with Gasteiger partial charge in [-0.25, -0.2) is 9.18 Å². The molecular formula is C55H63FN10O14. The second kappa shape index (κ2) is 26.8. The molecule has 0 bridgehead atoms. The van der Waals surface area contributed by atoms with Crippen LogP contribution in [0.1, 0.15) is 84.5 Å². The van der Waals surface area contributed by atoms with Crippen LogP contribution in [0.5, 0.6) is 0 Å². The number of fused-ring (bicyclic) bond motifs is 2. The molecule has 2 aromatic carbocycles. The van der Waals surface area contributed by atoms with Gasteiger partial charge in [-0.1, -0.05) is 49.8 Å². The summed E-state index contributed by atoms with van der Waals surface area (Å²) in [6.45, 7) is 0.226. The maximum Gasteiger partial charge on any atom is 0.343 e. The number of esters is 1. The Balaban J connectivity index is 0.901. The summed E-state index contributed by atoms with van der Waals surface area (Å²) in [5, 5.41) is 36.5. The molecule has 24 nitrogen and oxygen atoms in total. The summed E-state index contributed by atoms with van der Waals surface area (Å²) in [4.78, 5) is 147. The highest BCUT2D eigenvalue weighted by atomic mass is 19.1. The molecule has 0 fully saturated rings. The first-order chi connectivity index (χ1) is 38.3. The van der Waals surface area contributed by atoms with E-state index in [4.69, 9.17) is 4.74 Å². The fourth-order valence-electron chi connectivity index (χ4n) is 9.83. The largest absolute Gasteiger partial charge is 0.480 e. The predicted molar refractivity (Wildman–Crippen MR) is 284 cm³/mol. The number of aliphatic imine (C=N–C) groups is 1. The zero-order chi connectivity index (χ0) is 57.7. The summed E-state index contributed by atoms with van der Waals surface area (Å²) in [5.74, 6) is -7.25. The first-order valence-corrected chi connectivity index (χ1v) is 26.2. The summed E-state index contributed by atoms with van der Waals surface area (Å²) in [6, 6.07) is 9.52. The van der Waals surface area contributed by atoms with Gasteiger partial charge in [0.2, 0.25) is 35.4 Å². The molecule has 0 radical (unpaired) electrons. The molecule has 424 valence electrons. The van der Waals surface area contributed by atoms with Crippen LogP contribution in [0.25, 0.3) is 5.57 Å². The molecule has 8 N–H and O–H groups in total. The number of carboxylic acid groups (broad SMARTS) is 1. The minimum absolute atomic E-state index is 0.0102. The van der Waals surface area contributed by atoms with E-state index in [0.717, 1.165) is 4.90 Å². The zero-order valence-electron chi connectivity index (χ0n) is 44.2. The van der Waals surface area contributed by atoms with Crippen LogP contribution >= 0.6 is 0 Å². The second-order valence-electron chi connectivity index (χ2n) is 19.6. The van der Waals surface area contributed by atoms with Crippen LogP contribution in [-0.2, 0) is 84.3 Å². The smallest absolute Gasteiger partial charge is 0.343 e. The normalized spacial score (nSPS) is 18.0. The van der Waals surface area contributed by atoms with Crippen molar-refractivity contribution in [2.45, 2.75) is 96.1 Å². The number of nitrogens with zero attached hydrogens (tertiary/aromatic N) is 4. The third-order valence-electron chi connectivity index (χ3n) is 14.1. The number of nitrogens with one attached hydrogen (secondary N) is 6. The monoisotopic (exact) mass is 1110 g/mol. The Labute approximate surface area is 458 Å². The minimum Gasteiger partial charge on any atom is -0.480 e. The molecule has 3 atom stereocenters. The van der Waals surface area contributed by atoms with E-state index < -0.39 is 109 Å². The summed E-state index contributed by atoms with van der Waals surface area (Å²) >= 11 is 0. The summed E-state index contributed by atoms with van der Waals surface area (Å²) in [7, 11) is 0. The molecule has 0 spiro atoms. The lowest BCUT2D eigenvalue weighted by Crippen LogP contribution is -2.52. The Morgan fingerprint density at radius 2 is 1.56 bits per heavy atom. The van der Waals surface area contributed by atoms with Gasteiger partial charge in [-0.2, -0.15) is 0 Å². The molecule has 8 amide bonds. The first-order valence-electron chi connectivity index (χ1n) is 26.2. The van der Waals surface area contributed by atoms with E-state index in [-0.39, 0.29) is 86.4 Å². The molecule has 1 aliphatic carbocycles. The number of carbonyl (C=O) groups excluding carboxylic acids is 9. The van der Waals surface area contributed by atoms with Crippen LogP contribution in [0.15, 0.2) is 70.5 Å². The number of pyridine rings is 1. The van der Waals surface area contributed by atoms with Gasteiger partial charge in [0.25, 0.3) is 17.4 Å². The Bertz CT molecular complexity index is 3100. The molecule has 0 unspecified atom stereocenters. The van der Waals surface area contributed by atoms with Crippen molar-refractivity contribution in [2.75, 3.05) is 52.4 Å². The SMILES string of the molecule is CC[C@@]1(O)C(=O)OCc2c1cc1n(c2=O)C/C=C2/c3c(cc(F)c(C)c3CC[C@@H]2NC(=O)CN(CCNC(=O)CNC(=O)[C@H](Cc2ccccc2)NC(=O)CNC(=O)CNC(=O)CCCCCN2C(=O)C=CC2=O)CC(=O)O)N=C1. The van der Waals surface area contributed by atoms with Crippen molar-refractivity contribution in [3.8, 4) is 0 Å². The molecule has 80 heavy (non-hydrogen) atoms. The highest BCUT2D eigenvalue weighted by Gasteiger charge is 2.45. The van der Waals surface area contributed by atoms with E-state index in [9.17, 15) is 63.0 Å². The summed E-state index contributed by atoms with van der Waals surface area (Å²) < 4.78 is 22.0. The number of unbranched alkanes of at least 4 members (excludes halogenated alkanes) is 2. The average Bonchev–Trinajstić information content (AvgIpc) is 3.84. The van der Waals surface area contributed by atoms with E-state index in [1.165, 1.54) is 40.0 Å². The van der Waals surface area contributed by atoms with E-state index in [2.05, 4.69) is 36.9 Å². The van der Waals surface area contributed by atoms with Crippen molar-refractivity contribution < 1.29 is 67.3 Å². The fraction of sp³-hybridized carbons (Fsp3) is 0.418. The molecular weight excluding hydrogens is 1040 g/mol. The summed E-state index contributed by atoms with van der Waals surface area (Å²) in [6.07, 6.45) is 7.67. The van der Waals surface area contributed by atoms with Gasteiger partial charge >= 0.3 is 11.9 Å². The van der Waals surface area contributed by atoms with Crippen molar-refractivity contribution in [2.24, 2.45) is 4.99 Å². The number of hydrogen-bond donors (Lipinski definition) is 8. The minimum atomic E-state index is -2.07. The molecule has 4 heterocycles. The Morgan fingerprint density at radius 1 is 0.863 bits per heavy atom. The number of carbonyl (C=O) groups is 10. The molecule has 3 aliphatic heterocycles. The van der Waals surface area contributed by atoms with Gasteiger partial charge < -0.3 is 51.4 Å². The number of aromatic nitrogens is 1. The quantitative estimate of drug-likeness (QED) is 0.0304. The van der Waals surface area contributed by atoms with E-state index >= 15 is 4.39 Å². The van der Waals surface area contributed by atoms with E-state index in [1.54, 1.807) is 50.3 Å². The van der Waals surface area contributed by atoms with Gasteiger partial charge in [-0.15, -0.1) is 0 Å². The number of halogens is 1. The Morgan fingerprint density at radius 3 is 2.29 bits per heavy atom. The molecule has 3 aromatic rings. The van der Waals surface area contributed by atoms with Crippen LogP contribution in [0.3, 0.4) is 0 Å². The number of aliphatic hydroxyl groups is 1. The number of ether oxygens (including phenoxy) is 1. The first kappa shape index (κ1) is 59.0. The molecule has 7 rings (SSSR count). The van der Waals surface area contributed by atoms with E-state index in [0.29, 0.717) is 59.9 Å². The number of rotatable bonds is 25. The molecule has 0 saturated carbocycles. The molecule has 1 aromatic heterocycles. The number of amides is 8. The second-order valence-corrected chi connectivity index (χ2v) is 19.6. The lowest BCUT2D eigenvalue weighted by molar-refractivity contribution is -0.172. The Kier molecular flexibility index (Phi) is 19.7. The van der Waals surface area contributed by atoms with Gasteiger partial charge in [0, 0.05) is 68.4 Å². The average molecular weight is 1110 g/mol. The van der Waals surface area contributed by atoms with Gasteiger partial charge in [-0.3, -0.25) is 62.7 Å². The molecule has 0 saturated heterocycles. The van der Waals surface area contributed by atoms with Crippen molar-refractivity contribution in [1.82, 2.24) is 46.3 Å². The maximum absolute atomic E-state index is 15.5. The van der Waals surface area contributed by atoms with Crippen LogP contribution < -0.4 is 37.5 Å². The Hall–Kier alpha value is -8.71. The van der Waals surface area contributed by atoms with E-state index in [1.807, 2.05) is 0 Å². The van der Waals surface area contributed by atoms with Crippen molar-refractivity contribution >= 4 is 76.7 Å². The standard InChI is InChI=1S/C55H63FN10O14/c1-3-55(79)38-23-34-25-58-41-24-39(56)32(2)35-13-14-40(36(51(35)41)17-20-65(34)53(77)37(38)31-80-54(55)78)62-47(71)29-64(30-50(74)75)21-18-57-44(68)27-61-52(76)42(22-33-10-6-4-7-11-33)63-46(70)28-60-45(69)26-59-43(67)12-8-5-9-19-66-48(72)15-16-49(66)73/h4,6-7,10-11,15-17,23-25,40,42,79H,3,5,8-9,12-14,18-22,26-31H2,1-2H3,(H,57,68)(H,59,67)(H,60,69)(H,61,76)(H,62,71)(H,63,70)(H,74,75)/b36-17+,58-25?/t40-,42-,55-/m0/s1. The number of benzene rings is 2. The molecule has 4 aliphatic rings. The number of hydrogen-bond acceptors (Lipinski definition) is 15. The third-order valence-corrected chi connectivity index (χ3v) is 14.1. The van der Waals surface area contributed by atoms with Gasteiger partial charge in [-0.05, 0) is 67.4 Å². The topological polar surface area (TPSA) is 333 Å². The lowest BCUT2D eigenvalue weighted by Gasteiger charge is -2.32. The third kappa shape index (κ3) is 14.7. The van der Waals surface area contributed by atoms with Crippen molar-refractivity contribution in [3.05, 3.63) is 116 Å².